The van der Waals surface area contributed by atoms with Crippen molar-refractivity contribution in [2.24, 2.45) is 0 Å². The Balaban J connectivity index is 1.57. The summed E-state index contributed by atoms with van der Waals surface area (Å²) in [5, 5.41) is 0.796. The number of methoxy groups -OCH3 is 1. The Morgan fingerprint density at radius 2 is 2.04 bits per heavy atom. The Morgan fingerprint density at radius 3 is 2.70 bits per heavy atom. The SMILES string of the molecule is COc1cccc(Cc2nsc(N3CCN(C(=O)CS(=O)(=O)Cl)CC3)n2)c1. The van der Waals surface area contributed by atoms with E-state index in [1.165, 1.54) is 16.4 Å². The second-order valence-electron chi connectivity index (χ2n) is 6.07. The van der Waals surface area contributed by atoms with Crippen molar-refractivity contribution in [3.8, 4) is 5.75 Å². The van der Waals surface area contributed by atoms with Crippen LogP contribution in [0, 0.1) is 0 Å². The highest BCUT2D eigenvalue weighted by Gasteiger charge is 2.25. The topological polar surface area (TPSA) is 92.7 Å². The minimum absolute atomic E-state index is 0.427. The molecule has 1 fully saturated rings. The molecule has 0 spiro atoms. The number of aromatic nitrogens is 2. The summed E-state index contributed by atoms with van der Waals surface area (Å²) < 4.78 is 31.7. The molecule has 2 aromatic rings. The van der Waals surface area contributed by atoms with Crippen LogP contribution in [0.2, 0.25) is 0 Å². The van der Waals surface area contributed by atoms with Crippen LogP contribution in [0.25, 0.3) is 0 Å². The number of piperazine rings is 1. The maximum Gasteiger partial charge on any atom is 0.241 e. The van der Waals surface area contributed by atoms with Gasteiger partial charge in [-0.25, -0.2) is 13.4 Å². The second kappa shape index (κ2) is 8.41. The number of anilines is 1. The van der Waals surface area contributed by atoms with Gasteiger partial charge in [0.1, 0.15) is 17.3 Å². The molecule has 0 N–H and O–H groups in total. The van der Waals surface area contributed by atoms with Crippen LogP contribution in [-0.2, 0) is 20.3 Å². The standard InChI is InChI=1S/C16H19ClN4O4S2/c1-25-13-4-2-3-12(9-13)10-14-18-16(26-19-14)21-7-5-20(6-8-21)15(22)11-27(17,23)24/h2-4,9H,5-8,10-11H2,1H3. The van der Waals surface area contributed by atoms with E-state index < -0.39 is 20.7 Å². The molecule has 0 unspecified atom stereocenters. The molecular formula is C16H19ClN4O4S2. The van der Waals surface area contributed by atoms with Crippen molar-refractivity contribution >= 4 is 42.3 Å². The van der Waals surface area contributed by atoms with Crippen molar-refractivity contribution in [2.45, 2.75) is 6.42 Å². The number of hydrogen-bond donors (Lipinski definition) is 0. The molecule has 0 bridgehead atoms. The van der Waals surface area contributed by atoms with Crippen LogP contribution >= 0.6 is 22.2 Å². The third-order valence-electron chi connectivity index (χ3n) is 4.15. The van der Waals surface area contributed by atoms with Crippen molar-refractivity contribution in [3.05, 3.63) is 35.7 Å². The molecule has 3 rings (SSSR count). The molecular weight excluding hydrogens is 412 g/mol. The lowest BCUT2D eigenvalue weighted by Gasteiger charge is -2.34. The Labute approximate surface area is 166 Å². The summed E-state index contributed by atoms with van der Waals surface area (Å²) in [4.78, 5) is 20.1. The number of benzene rings is 1. The summed E-state index contributed by atoms with van der Waals surface area (Å²) in [5.41, 5.74) is 1.07. The van der Waals surface area contributed by atoms with Crippen molar-refractivity contribution in [1.82, 2.24) is 14.3 Å². The summed E-state index contributed by atoms with van der Waals surface area (Å²) in [6.45, 7) is 2.00. The van der Waals surface area contributed by atoms with Crippen molar-refractivity contribution in [2.75, 3.05) is 43.9 Å². The molecule has 1 aromatic heterocycles. The molecule has 1 aliphatic heterocycles. The number of rotatable bonds is 6. The molecule has 1 amide bonds. The van der Waals surface area contributed by atoms with Crippen LogP contribution < -0.4 is 9.64 Å². The average Bonchev–Trinajstić information content (AvgIpc) is 3.09. The number of ether oxygens (including phenoxy) is 1. The van der Waals surface area contributed by atoms with E-state index in [1.807, 2.05) is 29.2 Å². The van der Waals surface area contributed by atoms with Crippen molar-refractivity contribution in [1.29, 1.82) is 0 Å². The minimum atomic E-state index is -3.83. The van der Waals surface area contributed by atoms with E-state index in [2.05, 4.69) is 9.36 Å². The molecule has 0 radical (unpaired) electrons. The first-order chi connectivity index (χ1) is 12.8. The molecule has 27 heavy (non-hydrogen) atoms. The Morgan fingerprint density at radius 1 is 1.30 bits per heavy atom. The molecule has 0 aliphatic carbocycles. The fourth-order valence-electron chi connectivity index (χ4n) is 2.80. The fourth-order valence-corrected chi connectivity index (χ4v) is 4.29. The molecule has 2 heterocycles. The van der Waals surface area contributed by atoms with Crippen molar-refractivity contribution < 1.29 is 17.9 Å². The van der Waals surface area contributed by atoms with E-state index in [0.717, 1.165) is 22.3 Å². The molecule has 0 saturated carbocycles. The van der Waals surface area contributed by atoms with Gasteiger partial charge in [0.15, 0.2) is 0 Å². The van der Waals surface area contributed by atoms with E-state index in [9.17, 15) is 13.2 Å². The first-order valence-electron chi connectivity index (χ1n) is 8.24. The molecule has 1 aromatic carbocycles. The highest BCUT2D eigenvalue weighted by molar-refractivity contribution is 8.14. The van der Waals surface area contributed by atoms with Crippen LogP contribution in [0.1, 0.15) is 11.4 Å². The van der Waals surface area contributed by atoms with Gasteiger partial charge in [0, 0.05) is 54.8 Å². The van der Waals surface area contributed by atoms with Crippen LogP contribution in [0.3, 0.4) is 0 Å². The third kappa shape index (κ3) is 5.53. The first kappa shape index (κ1) is 19.8. The molecule has 11 heteroatoms. The first-order valence-corrected chi connectivity index (χ1v) is 11.5. The molecule has 0 atom stereocenters. The van der Waals surface area contributed by atoms with Gasteiger partial charge in [0.25, 0.3) is 0 Å². The monoisotopic (exact) mass is 430 g/mol. The predicted molar refractivity (Wildman–Crippen MR) is 104 cm³/mol. The molecule has 8 nitrogen and oxygen atoms in total. The Bertz CT molecular complexity index is 911. The summed E-state index contributed by atoms with van der Waals surface area (Å²) in [6, 6.07) is 7.77. The Kier molecular flexibility index (Phi) is 6.18. The highest BCUT2D eigenvalue weighted by Crippen LogP contribution is 2.22. The lowest BCUT2D eigenvalue weighted by Crippen LogP contribution is -2.50. The van der Waals surface area contributed by atoms with Gasteiger partial charge in [-0.1, -0.05) is 12.1 Å². The van der Waals surface area contributed by atoms with E-state index in [-0.39, 0.29) is 0 Å². The zero-order chi connectivity index (χ0) is 19.4. The van der Waals surface area contributed by atoms with E-state index in [0.29, 0.717) is 32.6 Å². The number of halogens is 1. The maximum absolute atomic E-state index is 11.9. The molecule has 146 valence electrons. The van der Waals surface area contributed by atoms with Gasteiger partial charge in [-0.15, -0.1) is 0 Å². The summed E-state index contributed by atoms with van der Waals surface area (Å²) in [5.74, 6) is 0.385. The van der Waals surface area contributed by atoms with Gasteiger partial charge in [0.2, 0.25) is 20.1 Å². The summed E-state index contributed by atoms with van der Waals surface area (Å²) in [7, 11) is 2.95. The lowest BCUT2D eigenvalue weighted by atomic mass is 10.1. The van der Waals surface area contributed by atoms with Gasteiger partial charge in [-0.2, -0.15) is 4.37 Å². The quantitative estimate of drug-likeness (QED) is 0.638. The van der Waals surface area contributed by atoms with Gasteiger partial charge >= 0.3 is 0 Å². The number of carbonyl (C=O) groups is 1. The Hall–Kier alpha value is -1.91. The molecule has 1 aliphatic rings. The summed E-state index contributed by atoms with van der Waals surface area (Å²) >= 11 is 1.32. The molecule has 1 saturated heterocycles. The third-order valence-corrected chi connectivity index (χ3v) is 5.89. The van der Waals surface area contributed by atoms with Crippen LogP contribution in [0.5, 0.6) is 5.75 Å². The second-order valence-corrected chi connectivity index (χ2v) is 9.58. The number of carbonyl (C=O) groups excluding carboxylic acids is 1. The van der Waals surface area contributed by atoms with E-state index >= 15 is 0 Å². The number of nitrogens with zero attached hydrogens (tertiary/aromatic N) is 4. The normalized spacial score (nSPS) is 15.0. The smallest absolute Gasteiger partial charge is 0.241 e. The highest BCUT2D eigenvalue weighted by atomic mass is 35.7. The zero-order valence-corrected chi connectivity index (χ0v) is 17.1. The largest absolute Gasteiger partial charge is 0.497 e. The van der Waals surface area contributed by atoms with E-state index in [1.54, 1.807) is 7.11 Å². The van der Waals surface area contributed by atoms with E-state index in [4.69, 9.17) is 15.4 Å². The maximum atomic E-state index is 11.9. The number of hydrogen-bond acceptors (Lipinski definition) is 8. The minimum Gasteiger partial charge on any atom is -0.497 e. The van der Waals surface area contributed by atoms with Gasteiger partial charge in [0.05, 0.1) is 7.11 Å². The van der Waals surface area contributed by atoms with Crippen LogP contribution in [-0.4, -0.2) is 67.6 Å². The van der Waals surface area contributed by atoms with Crippen molar-refractivity contribution in [3.63, 3.8) is 0 Å². The van der Waals surface area contributed by atoms with Crippen LogP contribution in [0.4, 0.5) is 5.13 Å². The zero-order valence-electron chi connectivity index (χ0n) is 14.7. The predicted octanol–water partition coefficient (Wildman–Crippen LogP) is 1.35. The van der Waals surface area contributed by atoms with Gasteiger partial charge in [-0.3, -0.25) is 4.79 Å². The lowest BCUT2D eigenvalue weighted by molar-refractivity contribution is -0.128. The van der Waals surface area contributed by atoms with Crippen LogP contribution in [0.15, 0.2) is 24.3 Å². The van der Waals surface area contributed by atoms with Gasteiger partial charge < -0.3 is 14.5 Å². The summed E-state index contributed by atoms with van der Waals surface area (Å²) in [6.07, 6.45) is 0.611. The van der Waals surface area contributed by atoms with Gasteiger partial charge in [-0.05, 0) is 17.7 Å². The average molecular weight is 431 g/mol. The number of amides is 1. The fraction of sp³-hybridized carbons (Fsp3) is 0.438.